The van der Waals surface area contributed by atoms with Crippen LogP contribution in [0.1, 0.15) is 51.4 Å². The van der Waals surface area contributed by atoms with Gasteiger partial charge in [0.2, 0.25) is 0 Å². The number of hydrogen-bond donors (Lipinski definition) is 0. The number of nitrogens with zero attached hydrogens (tertiary/aromatic N) is 3. The molecule has 0 aromatic heterocycles. The predicted molar refractivity (Wildman–Crippen MR) is 291 cm³/mol. The molecule has 0 aliphatic heterocycles. The molecule has 0 N–H and O–H groups in total. The molecule has 0 radical (unpaired) electrons. The summed E-state index contributed by atoms with van der Waals surface area (Å²) in [5.74, 6) is 0. The molecule has 0 unspecified atom stereocenters. The number of anilines is 8. The minimum absolute atomic E-state index is 0.974. The molecule has 0 atom stereocenters. The third-order valence-electron chi connectivity index (χ3n) is 11.9. The lowest BCUT2D eigenvalue weighted by Crippen LogP contribution is -2.15. The van der Waals surface area contributed by atoms with Crippen molar-refractivity contribution in [1.29, 1.82) is 0 Å². The first-order valence-corrected chi connectivity index (χ1v) is 23.0. The molecule has 0 fully saturated rings. The molecule has 3 heteroatoms. The van der Waals surface area contributed by atoms with Gasteiger partial charge in [-0.15, -0.1) is 0 Å². The van der Waals surface area contributed by atoms with E-state index in [9.17, 15) is 0 Å². The van der Waals surface area contributed by atoms with Crippen LogP contribution < -0.4 is 14.7 Å². The van der Waals surface area contributed by atoms with Gasteiger partial charge in [0.15, 0.2) is 0 Å². The van der Waals surface area contributed by atoms with E-state index in [4.69, 9.17) is 0 Å². The monoisotopic (exact) mass is 869 g/mol. The van der Waals surface area contributed by atoms with Gasteiger partial charge in [-0.3, -0.25) is 0 Å². The average Bonchev–Trinajstić information content (AvgIpc) is 3.35. The van der Waals surface area contributed by atoms with E-state index in [1.807, 2.05) is 6.08 Å². The third kappa shape index (κ3) is 11.6. The van der Waals surface area contributed by atoms with Crippen molar-refractivity contribution < 1.29 is 0 Å². The van der Waals surface area contributed by atoms with E-state index in [1.165, 1.54) is 27.8 Å². The summed E-state index contributed by atoms with van der Waals surface area (Å²) in [7, 11) is 0. The summed E-state index contributed by atoms with van der Waals surface area (Å²) in [6.07, 6.45) is 14.9. The van der Waals surface area contributed by atoms with Crippen molar-refractivity contribution in [2.24, 2.45) is 0 Å². The molecule has 8 aromatic carbocycles. The van der Waals surface area contributed by atoms with Crippen molar-refractivity contribution in [3.05, 3.63) is 281 Å². The maximum absolute atomic E-state index is 4.26. The van der Waals surface area contributed by atoms with Crippen LogP contribution in [0.25, 0.3) is 18.2 Å². The van der Waals surface area contributed by atoms with Crippen LogP contribution in [0.2, 0.25) is 0 Å². The van der Waals surface area contributed by atoms with Gasteiger partial charge in [-0.2, -0.15) is 0 Å². The molecule has 0 amide bonds. The minimum atomic E-state index is 0.974. The Morgan fingerprint density at radius 1 is 0.328 bits per heavy atom. The zero-order valence-electron chi connectivity index (χ0n) is 39.6. The fourth-order valence-corrected chi connectivity index (χ4v) is 7.94. The van der Waals surface area contributed by atoms with Crippen LogP contribution in [0.4, 0.5) is 45.5 Å². The van der Waals surface area contributed by atoms with E-state index < -0.39 is 0 Å². The fourth-order valence-electron chi connectivity index (χ4n) is 7.94. The van der Waals surface area contributed by atoms with E-state index in [2.05, 4.69) is 293 Å². The largest absolute Gasteiger partial charge is 0.311 e. The molecule has 3 nitrogen and oxygen atoms in total. The normalized spacial score (nSPS) is 11.9. The van der Waals surface area contributed by atoms with Crippen LogP contribution in [0, 0.1) is 34.6 Å². The summed E-state index contributed by atoms with van der Waals surface area (Å²) < 4.78 is 0. The SMILES string of the molecule is C=C\C(=C/C=C(C)/C=C/c1ccc(N(c2ccc(C)cc2)c2ccc(C)cc2)cc1)N(c1ccc(C)cc1)c1ccc(/C=C/c2ccc(N(c3ccc(C)cc3)c3ccc(C)cc3)cc2)cc1. The van der Waals surface area contributed by atoms with E-state index >= 15 is 0 Å². The summed E-state index contributed by atoms with van der Waals surface area (Å²) >= 11 is 0. The van der Waals surface area contributed by atoms with E-state index in [0.29, 0.717) is 0 Å². The summed E-state index contributed by atoms with van der Waals surface area (Å²) in [6, 6.07) is 69.7. The summed E-state index contributed by atoms with van der Waals surface area (Å²) in [6.45, 7) is 17.0. The smallest absolute Gasteiger partial charge is 0.0462 e. The van der Waals surface area contributed by atoms with Crippen molar-refractivity contribution >= 4 is 63.7 Å². The molecule has 8 rings (SSSR count). The maximum atomic E-state index is 4.26. The molecule has 0 saturated heterocycles. The van der Waals surface area contributed by atoms with Crippen molar-refractivity contribution in [2.75, 3.05) is 14.7 Å². The quantitative estimate of drug-likeness (QED) is 0.0751. The van der Waals surface area contributed by atoms with Gasteiger partial charge in [0, 0.05) is 51.2 Å². The molecule has 0 bridgehead atoms. The summed E-state index contributed by atoms with van der Waals surface area (Å²) in [5, 5.41) is 0. The minimum Gasteiger partial charge on any atom is -0.311 e. The lowest BCUT2D eigenvalue weighted by Gasteiger charge is -2.26. The topological polar surface area (TPSA) is 9.72 Å². The van der Waals surface area contributed by atoms with Gasteiger partial charge in [-0.25, -0.2) is 0 Å². The van der Waals surface area contributed by atoms with Gasteiger partial charge in [0.25, 0.3) is 0 Å². The average molecular weight is 870 g/mol. The molecular formula is C64H59N3. The van der Waals surface area contributed by atoms with Gasteiger partial charge in [-0.1, -0.05) is 167 Å². The second-order valence-corrected chi connectivity index (χ2v) is 17.3. The highest BCUT2D eigenvalue weighted by Gasteiger charge is 2.15. The molecule has 0 saturated carbocycles. The van der Waals surface area contributed by atoms with E-state index in [-0.39, 0.29) is 0 Å². The Balaban J connectivity index is 0.987. The molecule has 0 spiro atoms. The number of allylic oxidation sites excluding steroid dienone is 5. The molecule has 0 heterocycles. The first-order valence-electron chi connectivity index (χ1n) is 23.0. The number of rotatable bonds is 15. The lowest BCUT2D eigenvalue weighted by atomic mass is 10.1. The molecule has 0 aliphatic carbocycles. The Labute approximate surface area is 399 Å². The summed E-state index contributed by atoms with van der Waals surface area (Å²) in [5.41, 5.74) is 20.5. The van der Waals surface area contributed by atoms with Crippen LogP contribution in [-0.4, -0.2) is 0 Å². The van der Waals surface area contributed by atoms with Crippen molar-refractivity contribution in [3.8, 4) is 0 Å². The van der Waals surface area contributed by atoms with Gasteiger partial charge in [0.05, 0.1) is 0 Å². The standard InChI is InChI=1S/C64H59N3/c1-8-56(30-10-47(2)9-21-53-24-43-63(44-25-53)66(58-33-13-49(4)14-34-58)59-35-15-50(5)16-36-59)65(57-31-11-48(3)12-32-57)62-41-26-54(27-42-62)22-23-55-28-45-64(46-29-55)67(60-37-17-51(6)18-38-60)61-39-19-52(7)20-40-61/h8-46H,1H2,2-7H3/b21-9+,23-22+,47-10+,56-30+. The van der Waals surface area contributed by atoms with Crippen LogP contribution in [0.3, 0.4) is 0 Å². The van der Waals surface area contributed by atoms with Gasteiger partial charge in [0.1, 0.15) is 0 Å². The lowest BCUT2D eigenvalue weighted by molar-refractivity contribution is 1.20. The molecular weight excluding hydrogens is 811 g/mol. The number of aryl methyl sites for hydroxylation is 5. The predicted octanol–water partition coefficient (Wildman–Crippen LogP) is 18.2. The molecule has 67 heavy (non-hydrogen) atoms. The zero-order chi connectivity index (χ0) is 46.7. The zero-order valence-corrected chi connectivity index (χ0v) is 39.6. The van der Waals surface area contributed by atoms with Crippen LogP contribution in [0.15, 0.2) is 236 Å². The van der Waals surface area contributed by atoms with Gasteiger partial charge in [-0.05, 0) is 167 Å². The first-order chi connectivity index (χ1) is 32.6. The highest BCUT2D eigenvalue weighted by Crippen LogP contribution is 2.37. The third-order valence-corrected chi connectivity index (χ3v) is 11.9. The Morgan fingerprint density at radius 2 is 0.582 bits per heavy atom. The van der Waals surface area contributed by atoms with Crippen molar-refractivity contribution in [1.82, 2.24) is 0 Å². The second kappa shape index (κ2) is 21.2. The summed E-state index contributed by atoms with van der Waals surface area (Å²) in [4.78, 5) is 6.86. The van der Waals surface area contributed by atoms with Crippen LogP contribution in [-0.2, 0) is 0 Å². The van der Waals surface area contributed by atoms with Gasteiger partial charge >= 0.3 is 0 Å². The molecule has 330 valence electrons. The van der Waals surface area contributed by atoms with E-state index in [0.717, 1.165) is 73.5 Å². The van der Waals surface area contributed by atoms with E-state index in [1.54, 1.807) is 0 Å². The van der Waals surface area contributed by atoms with Crippen molar-refractivity contribution in [2.45, 2.75) is 41.5 Å². The second-order valence-electron chi connectivity index (χ2n) is 17.3. The molecule has 8 aromatic rings. The first kappa shape index (κ1) is 45.4. The molecule has 0 aliphatic rings. The van der Waals surface area contributed by atoms with Gasteiger partial charge < -0.3 is 14.7 Å². The fraction of sp³-hybridized carbons (Fsp3) is 0.0938. The highest BCUT2D eigenvalue weighted by atomic mass is 15.2. The van der Waals surface area contributed by atoms with Crippen LogP contribution >= 0.6 is 0 Å². The Bertz CT molecular complexity index is 2910. The number of hydrogen-bond acceptors (Lipinski definition) is 3. The number of benzene rings is 8. The Morgan fingerprint density at radius 3 is 0.881 bits per heavy atom. The highest BCUT2D eigenvalue weighted by molar-refractivity contribution is 5.80. The Hall–Kier alpha value is -8.14. The van der Waals surface area contributed by atoms with Crippen molar-refractivity contribution in [3.63, 3.8) is 0 Å². The van der Waals surface area contributed by atoms with Crippen LogP contribution in [0.5, 0.6) is 0 Å². The Kier molecular flexibility index (Phi) is 14.4. The maximum Gasteiger partial charge on any atom is 0.0462 e.